The number of rotatable bonds is 6. The van der Waals surface area contributed by atoms with Gasteiger partial charge in [0.25, 0.3) is 5.91 Å². The van der Waals surface area contributed by atoms with E-state index in [-0.39, 0.29) is 12.3 Å². The molecule has 0 radical (unpaired) electrons. The average molecular weight is 361 g/mol. The van der Waals surface area contributed by atoms with Gasteiger partial charge in [-0.1, -0.05) is 43.1 Å². The molecule has 8 heteroatoms. The highest BCUT2D eigenvalue weighted by molar-refractivity contribution is 6.42. The Bertz CT molecular complexity index is 591. The Morgan fingerprint density at radius 2 is 1.87 bits per heavy atom. The van der Waals surface area contributed by atoms with Crippen LogP contribution < -0.4 is 10.6 Å². The number of ether oxygens (including phenoxy) is 1. The molecule has 0 saturated heterocycles. The lowest BCUT2D eigenvalue weighted by Crippen LogP contribution is -2.42. The van der Waals surface area contributed by atoms with Gasteiger partial charge in [0, 0.05) is 6.54 Å². The molecule has 1 aromatic rings. The van der Waals surface area contributed by atoms with Gasteiger partial charge in [0.2, 0.25) is 0 Å². The van der Waals surface area contributed by atoms with Gasteiger partial charge in [0.1, 0.15) is 0 Å². The molecule has 0 atom stereocenters. The summed E-state index contributed by atoms with van der Waals surface area (Å²) in [5.41, 5.74) is 0.611. The van der Waals surface area contributed by atoms with Gasteiger partial charge in [-0.25, -0.2) is 4.79 Å². The van der Waals surface area contributed by atoms with Crippen LogP contribution in [-0.2, 0) is 20.7 Å². The van der Waals surface area contributed by atoms with Crippen LogP contribution in [0.1, 0.15) is 19.4 Å². The van der Waals surface area contributed by atoms with Crippen molar-refractivity contribution in [3.63, 3.8) is 0 Å². The maximum absolute atomic E-state index is 11.6. The molecule has 0 spiro atoms. The normalized spacial score (nSPS) is 10.3. The molecular formula is C15H18Cl2N2O4. The van der Waals surface area contributed by atoms with Crippen molar-refractivity contribution in [3.05, 3.63) is 33.8 Å². The van der Waals surface area contributed by atoms with Crippen molar-refractivity contribution in [1.82, 2.24) is 10.6 Å². The summed E-state index contributed by atoms with van der Waals surface area (Å²) in [7, 11) is 0. The van der Waals surface area contributed by atoms with Crippen molar-refractivity contribution >= 4 is 41.1 Å². The van der Waals surface area contributed by atoms with Crippen molar-refractivity contribution < 1.29 is 19.1 Å². The van der Waals surface area contributed by atoms with Crippen molar-refractivity contribution in [2.24, 2.45) is 5.92 Å². The molecule has 0 fully saturated rings. The number of hydrogen-bond acceptors (Lipinski definition) is 4. The predicted octanol–water partition coefficient (Wildman–Crippen LogP) is 2.56. The fraction of sp³-hybridized carbons (Fsp3) is 0.400. The monoisotopic (exact) mass is 360 g/mol. The fourth-order valence-electron chi connectivity index (χ4n) is 1.52. The molecule has 0 heterocycles. The van der Waals surface area contributed by atoms with Crippen molar-refractivity contribution in [2.45, 2.75) is 20.3 Å². The van der Waals surface area contributed by atoms with Gasteiger partial charge in [-0.3, -0.25) is 14.9 Å². The maximum atomic E-state index is 11.6. The quantitative estimate of drug-likeness (QED) is 0.763. The molecule has 2 N–H and O–H groups in total. The first-order valence-corrected chi connectivity index (χ1v) is 7.70. The van der Waals surface area contributed by atoms with Gasteiger partial charge in [0.05, 0.1) is 16.5 Å². The molecular weight excluding hydrogens is 343 g/mol. The summed E-state index contributed by atoms with van der Waals surface area (Å²) < 4.78 is 4.80. The molecule has 126 valence electrons. The minimum atomic E-state index is -0.700. The molecule has 0 unspecified atom stereocenters. The highest BCUT2D eigenvalue weighted by atomic mass is 35.5. The van der Waals surface area contributed by atoms with E-state index in [4.69, 9.17) is 27.9 Å². The lowest BCUT2D eigenvalue weighted by atomic mass is 10.1. The molecule has 6 nitrogen and oxygen atoms in total. The number of esters is 1. The summed E-state index contributed by atoms with van der Waals surface area (Å²) in [5, 5.41) is 5.29. The summed E-state index contributed by atoms with van der Waals surface area (Å²) in [6, 6.07) is 4.13. The number of hydrogen-bond donors (Lipinski definition) is 2. The highest BCUT2D eigenvalue weighted by Crippen LogP contribution is 2.22. The summed E-state index contributed by atoms with van der Waals surface area (Å²) in [6.45, 7) is 3.76. The van der Waals surface area contributed by atoms with Gasteiger partial charge in [0.15, 0.2) is 6.61 Å². The second-order valence-electron chi connectivity index (χ2n) is 5.24. The van der Waals surface area contributed by atoms with Gasteiger partial charge >= 0.3 is 12.0 Å². The van der Waals surface area contributed by atoms with Crippen LogP contribution >= 0.6 is 23.2 Å². The van der Waals surface area contributed by atoms with Crippen molar-refractivity contribution in [3.8, 4) is 0 Å². The van der Waals surface area contributed by atoms with Crippen LogP contribution in [0, 0.1) is 5.92 Å². The standard InChI is InChI=1S/C15H18Cl2N2O4/c1-9(2)7-18-15(22)19-13(20)8-23-14(21)6-10-3-4-11(16)12(17)5-10/h3-5,9H,6-8H2,1-2H3,(H2,18,19,20,22). The van der Waals surface area contributed by atoms with E-state index in [1.54, 1.807) is 18.2 Å². The average Bonchev–Trinajstić information content (AvgIpc) is 2.47. The molecule has 1 rings (SSSR count). The van der Waals surface area contributed by atoms with E-state index in [0.717, 1.165) is 0 Å². The Balaban J connectivity index is 2.33. The minimum absolute atomic E-state index is 0.0519. The molecule has 0 saturated carbocycles. The number of nitrogens with one attached hydrogen (secondary N) is 2. The third-order valence-electron chi connectivity index (χ3n) is 2.62. The van der Waals surface area contributed by atoms with Crippen LogP contribution in [0.5, 0.6) is 0 Å². The number of carbonyl (C=O) groups is 3. The lowest BCUT2D eigenvalue weighted by molar-refractivity contribution is -0.147. The van der Waals surface area contributed by atoms with Crippen LogP contribution in [0.15, 0.2) is 18.2 Å². The Morgan fingerprint density at radius 3 is 2.48 bits per heavy atom. The molecule has 0 aromatic heterocycles. The van der Waals surface area contributed by atoms with E-state index in [9.17, 15) is 14.4 Å². The van der Waals surface area contributed by atoms with E-state index in [0.29, 0.717) is 22.2 Å². The first kappa shape index (κ1) is 19.3. The Morgan fingerprint density at radius 1 is 1.17 bits per heavy atom. The zero-order valence-electron chi connectivity index (χ0n) is 12.8. The van der Waals surface area contributed by atoms with Gasteiger partial charge in [-0.2, -0.15) is 0 Å². The number of imide groups is 1. The van der Waals surface area contributed by atoms with Gasteiger partial charge in [-0.05, 0) is 23.6 Å². The predicted molar refractivity (Wildman–Crippen MR) is 87.5 cm³/mol. The Labute approximate surface area is 144 Å². The molecule has 0 aliphatic rings. The van der Waals surface area contributed by atoms with Crippen LogP contribution in [-0.4, -0.2) is 31.1 Å². The molecule has 0 aliphatic heterocycles. The second-order valence-corrected chi connectivity index (χ2v) is 6.05. The lowest BCUT2D eigenvalue weighted by Gasteiger charge is -2.09. The molecule has 3 amide bonds. The van der Waals surface area contributed by atoms with E-state index in [1.165, 1.54) is 0 Å². The third kappa shape index (κ3) is 7.85. The van der Waals surface area contributed by atoms with Crippen molar-refractivity contribution in [1.29, 1.82) is 0 Å². The van der Waals surface area contributed by atoms with Gasteiger partial charge < -0.3 is 10.1 Å². The molecule has 1 aromatic carbocycles. The van der Waals surface area contributed by atoms with Crippen molar-refractivity contribution in [2.75, 3.05) is 13.2 Å². The number of urea groups is 1. The summed E-state index contributed by atoms with van der Waals surface area (Å²) in [4.78, 5) is 34.5. The molecule has 0 aliphatic carbocycles. The van der Waals surface area contributed by atoms with E-state index < -0.39 is 24.5 Å². The molecule has 0 bridgehead atoms. The first-order chi connectivity index (χ1) is 10.8. The number of halogens is 2. The smallest absolute Gasteiger partial charge is 0.321 e. The number of benzene rings is 1. The van der Waals surface area contributed by atoms with Crippen LogP contribution in [0.25, 0.3) is 0 Å². The van der Waals surface area contributed by atoms with Crippen LogP contribution in [0.3, 0.4) is 0 Å². The summed E-state index contributed by atoms with van der Waals surface area (Å²) >= 11 is 11.6. The van der Waals surface area contributed by atoms with Crippen LogP contribution in [0.4, 0.5) is 4.79 Å². The number of carbonyl (C=O) groups excluding carboxylic acids is 3. The SMILES string of the molecule is CC(C)CNC(=O)NC(=O)COC(=O)Cc1ccc(Cl)c(Cl)c1. The highest BCUT2D eigenvalue weighted by Gasteiger charge is 2.12. The van der Waals surface area contributed by atoms with E-state index in [1.807, 2.05) is 13.8 Å². The Kier molecular flexibility index (Phi) is 7.85. The largest absolute Gasteiger partial charge is 0.455 e. The topological polar surface area (TPSA) is 84.5 Å². The number of amides is 3. The zero-order chi connectivity index (χ0) is 17.4. The molecule has 23 heavy (non-hydrogen) atoms. The van der Waals surface area contributed by atoms with Gasteiger partial charge in [-0.15, -0.1) is 0 Å². The first-order valence-electron chi connectivity index (χ1n) is 6.95. The third-order valence-corrected chi connectivity index (χ3v) is 3.36. The van der Waals surface area contributed by atoms with E-state index >= 15 is 0 Å². The maximum Gasteiger partial charge on any atom is 0.321 e. The van der Waals surface area contributed by atoms with Crippen LogP contribution in [0.2, 0.25) is 10.0 Å². The second kappa shape index (κ2) is 9.37. The Hall–Kier alpha value is -1.79. The summed E-state index contributed by atoms with van der Waals surface area (Å²) in [5.74, 6) is -1.05. The van der Waals surface area contributed by atoms with E-state index in [2.05, 4.69) is 10.6 Å². The summed E-state index contributed by atoms with van der Waals surface area (Å²) in [6.07, 6.45) is -0.0519. The minimum Gasteiger partial charge on any atom is -0.455 e. The fourth-order valence-corrected chi connectivity index (χ4v) is 1.84. The zero-order valence-corrected chi connectivity index (χ0v) is 14.3.